The largest absolute Gasteiger partial charge is 0.439 e. The average Bonchev–Trinajstić information content (AvgIpc) is 2.32. The Labute approximate surface area is 101 Å². The van der Waals surface area contributed by atoms with Crippen molar-refractivity contribution in [2.24, 2.45) is 0 Å². The third-order valence-corrected chi connectivity index (χ3v) is 2.44. The van der Waals surface area contributed by atoms with Gasteiger partial charge in [0.2, 0.25) is 5.88 Å². The Morgan fingerprint density at radius 2 is 1.94 bits per heavy atom. The first-order valence-electron chi connectivity index (χ1n) is 5.58. The van der Waals surface area contributed by atoms with Crippen molar-refractivity contribution in [2.75, 3.05) is 6.61 Å². The Bertz CT molecular complexity index is 480. The first-order chi connectivity index (χ1) is 8.28. The topological polar surface area (TPSA) is 42.4 Å². The monoisotopic (exact) mass is 229 g/mol. The maximum Gasteiger partial charge on any atom is 0.219 e. The van der Waals surface area contributed by atoms with Gasteiger partial charge in [-0.15, -0.1) is 0 Å². The molecule has 88 valence electrons. The van der Waals surface area contributed by atoms with Crippen molar-refractivity contribution in [3.8, 4) is 11.6 Å². The molecule has 1 N–H and O–H groups in total. The number of aliphatic hydroxyl groups is 1. The van der Waals surface area contributed by atoms with Crippen molar-refractivity contribution < 1.29 is 9.84 Å². The van der Waals surface area contributed by atoms with Gasteiger partial charge in [0, 0.05) is 18.9 Å². The van der Waals surface area contributed by atoms with E-state index in [0.717, 1.165) is 16.9 Å². The van der Waals surface area contributed by atoms with Gasteiger partial charge in [0.25, 0.3) is 0 Å². The molecule has 0 fully saturated rings. The van der Waals surface area contributed by atoms with Crippen LogP contribution in [0.15, 0.2) is 42.6 Å². The summed E-state index contributed by atoms with van der Waals surface area (Å²) in [5.74, 6) is 1.35. The number of hydrogen-bond donors (Lipinski definition) is 1. The maximum absolute atomic E-state index is 8.81. The van der Waals surface area contributed by atoms with Gasteiger partial charge in [0.05, 0.1) is 0 Å². The van der Waals surface area contributed by atoms with E-state index in [2.05, 4.69) is 4.98 Å². The fourth-order valence-corrected chi connectivity index (χ4v) is 1.54. The smallest absolute Gasteiger partial charge is 0.219 e. The standard InChI is InChI=1S/C14H15NO2/c1-11-6-8-15-14(10-11)17-13-4-2-12(3-5-13)7-9-16/h2-6,8,10,16H,7,9H2,1H3. The molecule has 0 saturated carbocycles. The van der Waals surface area contributed by atoms with Crippen molar-refractivity contribution in [1.82, 2.24) is 4.98 Å². The minimum Gasteiger partial charge on any atom is -0.439 e. The van der Waals surface area contributed by atoms with Crippen molar-refractivity contribution in [3.63, 3.8) is 0 Å². The van der Waals surface area contributed by atoms with Crippen molar-refractivity contribution in [1.29, 1.82) is 0 Å². The average molecular weight is 229 g/mol. The van der Waals surface area contributed by atoms with Crippen LogP contribution in [-0.4, -0.2) is 16.7 Å². The highest BCUT2D eigenvalue weighted by molar-refractivity contribution is 5.31. The van der Waals surface area contributed by atoms with Crippen LogP contribution < -0.4 is 4.74 Å². The molecule has 0 aliphatic rings. The van der Waals surface area contributed by atoms with Crippen molar-refractivity contribution in [3.05, 3.63) is 53.7 Å². The number of hydrogen-bond acceptors (Lipinski definition) is 3. The molecule has 0 aliphatic heterocycles. The summed E-state index contributed by atoms with van der Waals surface area (Å²) in [4.78, 5) is 4.13. The van der Waals surface area contributed by atoms with Gasteiger partial charge in [-0.05, 0) is 42.7 Å². The summed E-state index contributed by atoms with van der Waals surface area (Å²) in [6, 6.07) is 11.5. The number of aryl methyl sites for hydroxylation is 1. The second-order valence-electron chi connectivity index (χ2n) is 3.89. The van der Waals surface area contributed by atoms with Gasteiger partial charge in [-0.3, -0.25) is 0 Å². The molecule has 0 aliphatic carbocycles. The van der Waals surface area contributed by atoms with Gasteiger partial charge in [-0.25, -0.2) is 4.98 Å². The number of rotatable bonds is 4. The predicted molar refractivity (Wildman–Crippen MR) is 66.3 cm³/mol. The van der Waals surface area contributed by atoms with Crippen LogP contribution in [0.5, 0.6) is 11.6 Å². The molecule has 0 atom stereocenters. The minimum absolute atomic E-state index is 0.166. The van der Waals surface area contributed by atoms with E-state index in [9.17, 15) is 0 Å². The van der Waals surface area contributed by atoms with E-state index in [1.165, 1.54) is 0 Å². The minimum atomic E-state index is 0.166. The summed E-state index contributed by atoms with van der Waals surface area (Å²) in [6.45, 7) is 2.17. The van der Waals surface area contributed by atoms with E-state index in [0.29, 0.717) is 12.3 Å². The van der Waals surface area contributed by atoms with Gasteiger partial charge in [-0.1, -0.05) is 12.1 Å². The Morgan fingerprint density at radius 3 is 2.59 bits per heavy atom. The molecule has 1 aromatic carbocycles. The molecule has 0 amide bonds. The molecule has 1 heterocycles. The number of aromatic nitrogens is 1. The fourth-order valence-electron chi connectivity index (χ4n) is 1.54. The molecule has 0 bridgehead atoms. The zero-order valence-corrected chi connectivity index (χ0v) is 9.76. The number of ether oxygens (including phenoxy) is 1. The number of benzene rings is 1. The fraction of sp³-hybridized carbons (Fsp3) is 0.214. The predicted octanol–water partition coefficient (Wildman–Crippen LogP) is 2.72. The SMILES string of the molecule is Cc1ccnc(Oc2ccc(CCO)cc2)c1. The zero-order chi connectivity index (χ0) is 12.1. The van der Waals surface area contributed by atoms with Crippen LogP contribution in [0.4, 0.5) is 0 Å². The Kier molecular flexibility index (Phi) is 3.73. The highest BCUT2D eigenvalue weighted by atomic mass is 16.5. The molecule has 0 spiro atoms. The lowest BCUT2D eigenvalue weighted by Gasteiger charge is -2.06. The molecule has 0 unspecified atom stereocenters. The van der Waals surface area contributed by atoms with Crippen LogP contribution in [0.3, 0.4) is 0 Å². The maximum atomic E-state index is 8.81. The van der Waals surface area contributed by atoms with Crippen LogP contribution in [-0.2, 0) is 6.42 Å². The van der Waals surface area contributed by atoms with E-state index in [1.807, 2.05) is 43.3 Å². The highest BCUT2D eigenvalue weighted by Gasteiger charge is 1.99. The molecular formula is C14H15NO2. The van der Waals surface area contributed by atoms with Gasteiger partial charge in [0.1, 0.15) is 5.75 Å². The summed E-state index contributed by atoms with van der Waals surface area (Å²) in [6.07, 6.45) is 2.40. The van der Waals surface area contributed by atoms with Crippen LogP contribution in [0, 0.1) is 6.92 Å². The van der Waals surface area contributed by atoms with E-state index in [-0.39, 0.29) is 6.61 Å². The van der Waals surface area contributed by atoms with E-state index in [1.54, 1.807) is 6.20 Å². The summed E-state index contributed by atoms with van der Waals surface area (Å²) in [7, 11) is 0. The Morgan fingerprint density at radius 1 is 1.18 bits per heavy atom. The Hall–Kier alpha value is -1.87. The van der Waals surface area contributed by atoms with E-state index in [4.69, 9.17) is 9.84 Å². The normalized spacial score (nSPS) is 10.2. The number of pyridine rings is 1. The summed E-state index contributed by atoms with van der Waals surface area (Å²) >= 11 is 0. The number of aliphatic hydroxyl groups excluding tert-OH is 1. The molecular weight excluding hydrogens is 214 g/mol. The third-order valence-electron chi connectivity index (χ3n) is 2.44. The van der Waals surface area contributed by atoms with Gasteiger partial charge in [0.15, 0.2) is 0 Å². The first-order valence-corrected chi connectivity index (χ1v) is 5.58. The van der Waals surface area contributed by atoms with Gasteiger partial charge in [-0.2, -0.15) is 0 Å². The third kappa shape index (κ3) is 3.29. The molecule has 1 aromatic heterocycles. The first kappa shape index (κ1) is 11.6. The van der Waals surface area contributed by atoms with Crippen LogP contribution in [0.2, 0.25) is 0 Å². The van der Waals surface area contributed by atoms with Gasteiger partial charge >= 0.3 is 0 Å². The Balaban J connectivity index is 2.08. The molecule has 17 heavy (non-hydrogen) atoms. The van der Waals surface area contributed by atoms with E-state index < -0.39 is 0 Å². The lowest BCUT2D eigenvalue weighted by Crippen LogP contribution is -1.91. The van der Waals surface area contributed by atoms with Crippen LogP contribution in [0.1, 0.15) is 11.1 Å². The lowest BCUT2D eigenvalue weighted by molar-refractivity contribution is 0.299. The van der Waals surface area contributed by atoms with Crippen LogP contribution >= 0.6 is 0 Å². The highest BCUT2D eigenvalue weighted by Crippen LogP contribution is 2.20. The molecule has 0 saturated heterocycles. The molecule has 0 radical (unpaired) electrons. The molecule has 3 nitrogen and oxygen atoms in total. The van der Waals surface area contributed by atoms with E-state index >= 15 is 0 Å². The zero-order valence-electron chi connectivity index (χ0n) is 9.76. The quantitative estimate of drug-likeness (QED) is 0.876. The summed E-state index contributed by atoms with van der Waals surface area (Å²) < 4.78 is 5.62. The van der Waals surface area contributed by atoms with Gasteiger partial charge < -0.3 is 9.84 Å². The molecule has 2 rings (SSSR count). The number of nitrogens with zero attached hydrogens (tertiary/aromatic N) is 1. The molecule has 2 aromatic rings. The lowest BCUT2D eigenvalue weighted by atomic mass is 10.1. The van der Waals surface area contributed by atoms with Crippen molar-refractivity contribution in [2.45, 2.75) is 13.3 Å². The summed E-state index contributed by atoms with van der Waals surface area (Å²) in [5.41, 5.74) is 2.21. The summed E-state index contributed by atoms with van der Waals surface area (Å²) in [5, 5.41) is 8.81. The second kappa shape index (κ2) is 5.46. The van der Waals surface area contributed by atoms with Crippen LogP contribution in [0.25, 0.3) is 0 Å². The van der Waals surface area contributed by atoms with Crippen molar-refractivity contribution >= 4 is 0 Å². The second-order valence-corrected chi connectivity index (χ2v) is 3.89. The molecule has 3 heteroatoms.